The number of benzene rings is 1. The number of hydrogen-bond donors (Lipinski definition) is 2. The van der Waals surface area contributed by atoms with Crippen molar-refractivity contribution in [2.75, 3.05) is 0 Å². The van der Waals surface area contributed by atoms with Gasteiger partial charge in [0, 0.05) is 17.8 Å². The van der Waals surface area contributed by atoms with Gasteiger partial charge >= 0.3 is 5.97 Å². The van der Waals surface area contributed by atoms with E-state index in [0.29, 0.717) is 11.6 Å². The van der Waals surface area contributed by atoms with Crippen molar-refractivity contribution < 1.29 is 9.90 Å². The molecule has 1 unspecified atom stereocenters. The predicted octanol–water partition coefficient (Wildman–Crippen LogP) is 1.75. The summed E-state index contributed by atoms with van der Waals surface area (Å²) in [6.45, 7) is 0. The number of carbonyl (C=O) groups is 1. The molecule has 1 fully saturated rings. The number of aliphatic carboxylic acids is 1. The van der Waals surface area contributed by atoms with Crippen molar-refractivity contribution in [3.8, 4) is 5.69 Å². The maximum atomic E-state index is 11.3. The van der Waals surface area contributed by atoms with E-state index in [1.807, 2.05) is 30.3 Å². The first-order valence-electron chi connectivity index (χ1n) is 6.33. The van der Waals surface area contributed by atoms with Gasteiger partial charge in [-0.05, 0) is 25.0 Å². The van der Waals surface area contributed by atoms with E-state index in [0.717, 1.165) is 18.5 Å². The molecule has 3 rings (SSSR count). The minimum atomic E-state index is -0.862. The Morgan fingerprint density at radius 2 is 2.11 bits per heavy atom. The fraction of sp³-hybridized carbons (Fsp3) is 0.286. The van der Waals surface area contributed by atoms with Crippen molar-refractivity contribution in [2.45, 2.75) is 24.9 Å². The molecule has 5 heteroatoms. The summed E-state index contributed by atoms with van der Waals surface area (Å²) in [4.78, 5) is 11.3. The van der Waals surface area contributed by atoms with Crippen LogP contribution in [0.2, 0.25) is 0 Å². The molecule has 0 bridgehead atoms. The second-order valence-corrected chi connectivity index (χ2v) is 4.77. The van der Waals surface area contributed by atoms with Crippen LogP contribution < -0.4 is 5.32 Å². The second kappa shape index (κ2) is 4.85. The first kappa shape index (κ1) is 11.9. The van der Waals surface area contributed by atoms with Gasteiger partial charge < -0.3 is 5.11 Å². The molecule has 1 saturated carbocycles. The molecule has 5 nitrogen and oxygen atoms in total. The smallest absolute Gasteiger partial charge is 0.325 e. The van der Waals surface area contributed by atoms with E-state index in [1.165, 1.54) is 0 Å². The molecule has 1 aromatic heterocycles. The molecule has 0 aliphatic heterocycles. The summed E-state index contributed by atoms with van der Waals surface area (Å²) >= 11 is 0. The largest absolute Gasteiger partial charge is 0.480 e. The summed E-state index contributed by atoms with van der Waals surface area (Å²) < 4.78 is 1.69. The average molecular weight is 257 g/mol. The van der Waals surface area contributed by atoms with E-state index in [1.54, 1.807) is 17.1 Å². The lowest BCUT2D eigenvalue weighted by molar-refractivity contribution is -0.139. The topological polar surface area (TPSA) is 67.2 Å². The molecule has 1 heterocycles. The summed E-state index contributed by atoms with van der Waals surface area (Å²) in [6.07, 6.45) is 5.48. The third-order valence-corrected chi connectivity index (χ3v) is 3.18. The number of carboxylic acid groups (broad SMARTS) is 1. The number of aromatic nitrogens is 2. The summed E-state index contributed by atoms with van der Waals surface area (Å²) in [7, 11) is 0. The van der Waals surface area contributed by atoms with Gasteiger partial charge in [0.05, 0.1) is 11.9 Å². The van der Waals surface area contributed by atoms with Crippen molar-refractivity contribution in [1.82, 2.24) is 15.1 Å². The number of hydrogen-bond acceptors (Lipinski definition) is 3. The standard InChI is InChI=1S/C14H15N3O2/c18-14(19)13(16-11-6-7-11)10-8-15-17(9-10)12-4-2-1-3-5-12/h1-5,8-9,11,13,16H,6-7H2,(H,18,19). The van der Waals surface area contributed by atoms with Gasteiger partial charge in [-0.25, -0.2) is 4.68 Å². The fourth-order valence-corrected chi connectivity index (χ4v) is 2.00. The highest BCUT2D eigenvalue weighted by atomic mass is 16.4. The van der Waals surface area contributed by atoms with Crippen LogP contribution in [0.3, 0.4) is 0 Å². The third-order valence-electron chi connectivity index (χ3n) is 3.18. The molecule has 0 amide bonds. The van der Waals surface area contributed by atoms with Gasteiger partial charge in [-0.2, -0.15) is 5.10 Å². The highest BCUT2D eigenvalue weighted by Gasteiger charge is 2.30. The zero-order valence-electron chi connectivity index (χ0n) is 10.4. The lowest BCUT2D eigenvalue weighted by Gasteiger charge is -2.11. The average Bonchev–Trinajstić information content (AvgIpc) is 3.12. The minimum Gasteiger partial charge on any atom is -0.480 e. The molecule has 19 heavy (non-hydrogen) atoms. The molecule has 0 spiro atoms. The van der Waals surface area contributed by atoms with Gasteiger partial charge in [-0.3, -0.25) is 10.1 Å². The fourth-order valence-electron chi connectivity index (χ4n) is 2.00. The molecule has 1 aromatic carbocycles. The third kappa shape index (κ3) is 2.66. The first-order valence-corrected chi connectivity index (χ1v) is 6.33. The molecule has 0 radical (unpaired) electrons. The van der Waals surface area contributed by atoms with E-state index >= 15 is 0 Å². The Balaban J connectivity index is 1.84. The number of para-hydroxylation sites is 1. The van der Waals surface area contributed by atoms with Crippen LogP contribution in [0.15, 0.2) is 42.7 Å². The van der Waals surface area contributed by atoms with Crippen molar-refractivity contribution in [3.63, 3.8) is 0 Å². The Labute approximate surface area is 110 Å². The second-order valence-electron chi connectivity index (χ2n) is 4.77. The minimum absolute atomic E-state index is 0.334. The highest BCUT2D eigenvalue weighted by molar-refractivity contribution is 5.75. The molecule has 1 atom stereocenters. The van der Waals surface area contributed by atoms with Gasteiger partial charge in [-0.1, -0.05) is 18.2 Å². The Hall–Kier alpha value is -2.14. The van der Waals surface area contributed by atoms with Crippen LogP contribution in [0, 0.1) is 0 Å². The molecular weight excluding hydrogens is 242 g/mol. The van der Waals surface area contributed by atoms with Crippen LogP contribution in [0.25, 0.3) is 5.69 Å². The molecule has 2 N–H and O–H groups in total. The quantitative estimate of drug-likeness (QED) is 0.856. The van der Waals surface area contributed by atoms with Crippen LogP contribution in [-0.2, 0) is 4.79 Å². The Morgan fingerprint density at radius 3 is 2.74 bits per heavy atom. The van der Waals surface area contributed by atoms with Crippen LogP contribution in [0.4, 0.5) is 0 Å². The maximum Gasteiger partial charge on any atom is 0.325 e. The van der Waals surface area contributed by atoms with E-state index in [-0.39, 0.29) is 0 Å². The van der Waals surface area contributed by atoms with Crippen LogP contribution in [0.5, 0.6) is 0 Å². The zero-order valence-corrected chi connectivity index (χ0v) is 10.4. The van der Waals surface area contributed by atoms with Crippen molar-refractivity contribution in [3.05, 3.63) is 48.3 Å². The van der Waals surface area contributed by atoms with E-state index in [9.17, 15) is 9.90 Å². The van der Waals surface area contributed by atoms with E-state index in [4.69, 9.17) is 0 Å². The lowest BCUT2D eigenvalue weighted by Crippen LogP contribution is -2.29. The number of nitrogens with one attached hydrogen (secondary N) is 1. The van der Waals surface area contributed by atoms with E-state index < -0.39 is 12.0 Å². The highest BCUT2D eigenvalue weighted by Crippen LogP contribution is 2.24. The lowest BCUT2D eigenvalue weighted by atomic mass is 10.1. The molecule has 2 aromatic rings. The van der Waals surface area contributed by atoms with Gasteiger partial charge in [0.2, 0.25) is 0 Å². The Morgan fingerprint density at radius 1 is 1.37 bits per heavy atom. The Bertz CT molecular complexity index is 575. The molecule has 1 aliphatic carbocycles. The Kier molecular flexibility index (Phi) is 3.05. The SMILES string of the molecule is O=C(O)C(NC1CC1)c1cnn(-c2ccccc2)c1. The maximum absolute atomic E-state index is 11.3. The molecule has 0 saturated heterocycles. The van der Waals surface area contributed by atoms with Crippen molar-refractivity contribution in [2.24, 2.45) is 0 Å². The van der Waals surface area contributed by atoms with Crippen LogP contribution in [0.1, 0.15) is 24.4 Å². The molecular formula is C14H15N3O2. The normalized spacial score (nSPS) is 16.2. The number of nitrogens with zero attached hydrogens (tertiary/aromatic N) is 2. The zero-order chi connectivity index (χ0) is 13.2. The summed E-state index contributed by atoms with van der Waals surface area (Å²) in [6, 6.07) is 9.30. The summed E-state index contributed by atoms with van der Waals surface area (Å²) in [5.41, 5.74) is 1.60. The van der Waals surface area contributed by atoms with Crippen LogP contribution in [-0.4, -0.2) is 26.9 Å². The monoisotopic (exact) mass is 257 g/mol. The summed E-state index contributed by atoms with van der Waals surface area (Å²) in [5.74, 6) is -0.862. The van der Waals surface area contributed by atoms with Crippen molar-refractivity contribution in [1.29, 1.82) is 0 Å². The van der Waals surface area contributed by atoms with Gasteiger partial charge in [0.1, 0.15) is 6.04 Å². The summed E-state index contributed by atoms with van der Waals surface area (Å²) in [5, 5.41) is 16.6. The number of rotatable bonds is 5. The van der Waals surface area contributed by atoms with Crippen molar-refractivity contribution >= 4 is 5.97 Å². The van der Waals surface area contributed by atoms with Gasteiger partial charge in [0.15, 0.2) is 0 Å². The van der Waals surface area contributed by atoms with Gasteiger partial charge in [0.25, 0.3) is 0 Å². The van der Waals surface area contributed by atoms with Gasteiger partial charge in [-0.15, -0.1) is 0 Å². The number of carboxylic acids is 1. The molecule has 98 valence electrons. The van der Waals surface area contributed by atoms with E-state index in [2.05, 4.69) is 10.4 Å². The first-order chi connectivity index (χ1) is 9.24. The predicted molar refractivity (Wildman–Crippen MR) is 70.1 cm³/mol. The molecule has 1 aliphatic rings. The van der Waals surface area contributed by atoms with Crippen LogP contribution >= 0.6 is 0 Å².